The molecule has 0 radical (unpaired) electrons. The third-order valence-corrected chi connectivity index (χ3v) is 4.01. The maximum atomic E-state index is 12.0. The molecule has 0 aromatic heterocycles. The highest BCUT2D eigenvalue weighted by Crippen LogP contribution is 2.29. The summed E-state index contributed by atoms with van der Waals surface area (Å²) in [6.45, 7) is 4.13. The quantitative estimate of drug-likeness (QED) is 0.923. The van der Waals surface area contributed by atoms with Crippen LogP contribution < -0.4 is 10.2 Å². The highest BCUT2D eigenvalue weighted by Gasteiger charge is 2.27. The third-order valence-electron chi connectivity index (χ3n) is 4.01. The molecule has 5 nitrogen and oxygen atoms in total. The average Bonchev–Trinajstić information content (AvgIpc) is 2.58. The number of nitrogens with one attached hydrogen (secondary N) is 1. The Balaban J connectivity index is 2.08. The number of nitrogens with zero attached hydrogens (tertiary/aromatic N) is 3. The molecule has 1 aliphatic heterocycles. The molecule has 1 heterocycles. The van der Waals surface area contributed by atoms with E-state index in [1.807, 2.05) is 6.92 Å². The maximum absolute atomic E-state index is 12.0. The van der Waals surface area contributed by atoms with Crippen molar-refractivity contribution in [2.75, 3.05) is 24.5 Å². The lowest BCUT2D eigenvalue weighted by Gasteiger charge is -2.34. The van der Waals surface area contributed by atoms with Gasteiger partial charge in [0.25, 0.3) is 0 Å². The summed E-state index contributed by atoms with van der Waals surface area (Å²) in [7, 11) is 0. The summed E-state index contributed by atoms with van der Waals surface area (Å²) in [6, 6.07) is 9.51. The van der Waals surface area contributed by atoms with E-state index in [1.165, 1.54) is 0 Å². The van der Waals surface area contributed by atoms with Crippen molar-refractivity contribution in [1.82, 2.24) is 5.32 Å². The molecule has 22 heavy (non-hydrogen) atoms. The standard InChI is InChI=1S/C17H20N4O/c1-2-8-20-17(22)13-6-9-21(10-7-13)16-14(11-18)4-3-5-15(16)12-19/h3-5,13H,2,6-10H2,1H3,(H,20,22). The van der Waals surface area contributed by atoms with E-state index in [0.29, 0.717) is 29.9 Å². The Labute approximate surface area is 131 Å². The fraction of sp³-hybridized carbons (Fsp3) is 0.471. The predicted molar refractivity (Wildman–Crippen MR) is 84.1 cm³/mol. The van der Waals surface area contributed by atoms with Crippen molar-refractivity contribution in [3.05, 3.63) is 29.3 Å². The van der Waals surface area contributed by atoms with Gasteiger partial charge in [-0.2, -0.15) is 10.5 Å². The molecule has 0 spiro atoms. The zero-order valence-electron chi connectivity index (χ0n) is 12.8. The Morgan fingerprint density at radius 3 is 2.36 bits per heavy atom. The number of para-hydroxylation sites is 1. The molecule has 1 aromatic rings. The van der Waals surface area contributed by atoms with Gasteiger partial charge in [0, 0.05) is 25.6 Å². The van der Waals surface area contributed by atoms with E-state index < -0.39 is 0 Å². The van der Waals surface area contributed by atoms with Gasteiger partial charge in [0.2, 0.25) is 5.91 Å². The van der Waals surface area contributed by atoms with Crippen molar-refractivity contribution >= 4 is 11.6 Å². The van der Waals surface area contributed by atoms with Crippen LogP contribution in [0, 0.1) is 28.6 Å². The number of hydrogen-bond acceptors (Lipinski definition) is 4. The lowest BCUT2D eigenvalue weighted by molar-refractivity contribution is -0.125. The summed E-state index contributed by atoms with van der Waals surface area (Å²) in [4.78, 5) is 14.1. The first-order valence-corrected chi connectivity index (χ1v) is 7.67. The van der Waals surface area contributed by atoms with Crippen LogP contribution in [0.25, 0.3) is 0 Å². The lowest BCUT2D eigenvalue weighted by atomic mass is 9.94. The van der Waals surface area contributed by atoms with Crippen LogP contribution in [0.2, 0.25) is 0 Å². The van der Waals surface area contributed by atoms with Crippen LogP contribution in [0.4, 0.5) is 5.69 Å². The summed E-state index contributed by atoms with van der Waals surface area (Å²) in [5, 5.41) is 21.5. The van der Waals surface area contributed by atoms with Gasteiger partial charge < -0.3 is 10.2 Å². The number of benzene rings is 1. The molecular formula is C17H20N4O. The molecule has 0 atom stereocenters. The average molecular weight is 296 g/mol. The highest BCUT2D eigenvalue weighted by molar-refractivity contribution is 5.79. The molecular weight excluding hydrogens is 276 g/mol. The van der Waals surface area contributed by atoms with E-state index in [-0.39, 0.29) is 11.8 Å². The van der Waals surface area contributed by atoms with Crippen LogP contribution >= 0.6 is 0 Å². The Hall–Kier alpha value is -2.53. The number of rotatable bonds is 4. The van der Waals surface area contributed by atoms with Gasteiger partial charge in [-0.3, -0.25) is 4.79 Å². The summed E-state index contributed by atoms with van der Waals surface area (Å²) in [5.41, 5.74) is 1.75. The fourth-order valence-corrected chi connectivity index (χ4v) is 2.82. The molecule has 0 unspecified atom stereocenters. The van der Waals surface area contributed by atoms with Gasteiger partial charge in [-0.05, 0) is 31.4 Å². The van der Waals surface area contributed by atoms with Crippen molar-refractivity contribution < 1.29 is 4.79 Å². The SMILES string of the molecule is CCCNC(=O)C1CCN(c2c(C#N)cccc2C#N)CC1. The number of hydrogen-bond donors (Lipinski definition) is 1. The van der Waals surface area contributed by atoms with Crippen molar-refractivity contribution in [3.63, 3.8) is 0 Å². The van der Waals surface area contributed by atoms with Gasteiger partial charge >= 0.3 is 0 Å². The van der Waals surface area contributed by atoms with Crippen LogP contribution in [0.15, 0.2) is 18.2 Å². The minimum atomic E-state index is 0.0302. The number of anilines is 1. The van der Waals surface area contributed by atoms with Crippen molar-refractivity contribution in [2.24, 2.45) is 5.92 Å². The van der Waals surface area contributed by atoms with E-state index in [0.717, 1.165) is 25.8 Å². The number of carbonyl (C=O) groups excluding carboxylic acids is 1. The van der Waals surface area contributed by atoms with Gasteiger partial charge in [-0.15, -0.1) is 0 Å². The molecule has 1 aliphatic rings. The Bertz CT molecular complexity index is 586. The second-order valence-corrected chi connectivity index (χ2v) is 5.48. The second kappa shape index (κ2) is 7.47. The summed E-state index contributed by atoms with van der Waals surface area (Å²) >= 11 is 0. The molecule has 1 amide bonds. The van der Waals surface area contributed by atoms with Crippen molar-refractivity contribution in [2.45, 2.75) is 26.2 Å². The van der Waals surface area contributed by atoms with Crippen LogP contribution in [0.1, 0.15) is 37.3 Å². The van der Waals surface area contributed by atoms with E-state index in [2.05, 4.69) is 22.4 Å². The van der Waals surface area contributed by atoms with Crippen LogP contribution in [0.5, 0.6) is 0 Å². The van der Waals surface area contributed by atoms with Crippen molar-refractivity contribution in [1.29, 1.82) is 10.5 Å². The fourth-order valence-electron chi connectivity index (χ4n) is 2.82. The van der Waals surface area contributed by atoms with Crippen LogP contribution in [-0.4, -0.2) is 25.5 Å². The minimum Gasteiger partial charge on any atom is -0.369 e. The maximum Gasteiger partial charge on any atom is 0.223 e. The molecule has 1 aromatic carbocycles. The van der Waals surface area contributed by atoms with Gasteiger partial charge in [-0.1, -0.05) is 13.0 Å². The van der Waals surface area contributed by atoms with Crippen LogP contribution in [-0.2, 0) is 4.79 Å². The lowest BCUT2D eigenvalue weighted by Crippen LogP contribution is -2.41. The third kappa shape index (κ3) is 3.38. The number of piperidine rings is 1. The normalized spacial score (nSPS) is 15.0. The molecule has 2 rings (SSSR count). The van der Waals surface area contributed by atoms with E-state index in [1.54, 1.807) is 18.2 Å². The van der Waals surface area contributed by atoms with E-state index in [9.17, 15) is 15.3 Å². The molecule has 0 aliphatic carbocycles. The Morgan fingerprint density at radius 2 is 1.86 bits per heavy atom. The summed E-state index contributed by atoms with van der Waals surface area (Å²) in [6.07, 6.45) is 2.44. The van der Waals surface area contributed by atoms with Gasteiger partial charge in [0.05, 0.1) is 16.8 Å². The van der Waals surface area contributed by atoms with Crippen molar-refractivity contribution in [3.8, 4) is 12.1 Å². The first-order chi connectivity index (χ1) is 10.7. The van der Waals surface area contributed by atoms with E-state index in [4.69, 9.17) is 0 Å². The number of carbonyl (C=O) groups is 1. The smallest absolute Gasteiger partial charge is 0.223 e. The van der Waals surface area contributed by atoms with Crippen LogP contribution in [0.3, 0.4) is 0 Å². The molecule has 114 valence electrons. The molecule has 5 heteroatoms. The topological polar surface area (TPSA) is 79.9 Å². The zero-order valence-corrected chi connectivity index (χ0v) is 12.8. The zero-order chi connectivity index (χ0) is 15.9. The molecule has 0 saturated carbocycles. The monoisotopic (exact) mass is 296 g/mol. The molecule has 0 bridgehead atoms. The largest absolute Gasteiger partial charge is 0.369 e. The first kappa shape index (κ1) is 15.9. The minimum absolute atomic E-state index is 0.0302. The Morgan fingerprint density at radius 1 is 1.27 bits per heavy atom. The second-order valence-electron chi connectivity index (χ2n) is 5.48. The number of amides is 1. The predicted octanol–water partition coefficient (Wildman–Crippen LogP) is 2.17. The highest BCUT2D eigenvalue weighted by atomic mass is 16.1. The summed E-state index contributed by atoms with van der Waals surface area (Å²) in [5.74, 6) is 0.151. The van der Waals surface area contributed by atoms with Gasteiger partial charge in [-0.25, -0.2) is 0 Å². The Kier molecular flexibility index (Phi) is 5.38. The van der Waals surface area contributed by atoms with Gasteiger partial charge in [0.1, 0.15) is 12.1 Å². The van der Waals surface area contributed by atoms with E-state index >= 15 is 0 Å². The summed E-state index contributed by atoms with van der Waals surface area (Å²) < 4.78 is 0. The van der Waals surface area contributed by atoms with Gasteiger partial charge in [0.15, 0.2) is 0 Å². The molecule has 1 fully saturated rings. The first-order valence-electron chi connectivity index (χ1n) is 7.67. The number of nitriles is 2. The molecule has 1 saturated heterocycles. The molecule has 1 N–H and O–H groups in total.